The summed E-state index contributed by atoms with van der Waals surface area (Å²) in [7, 11) is 0. The van der Waals surface area contributed by atoms with Gasteiger partial charge in [0.1, 0.15) is 0 Å². The van der Waals surface area contributed by atoms with Crippen LogP contribution in [0.3, 0.4) is 0 Å². The zero-order valence-corrected chi connectivity index (χ0v) is 17.5. The molecule has 0 aliphatic carbocycles. The van der Waals surface area contributed by atoms with E-state index in [-0.39, 0.29) is 22.2 Å². The van der Waals surface area contributed by atoms with Gasteiger partial charge in [0.25, 0.3) is 0 Å². The van der Waals surface area contributed by atoms with Gasteiger partial charge >= 0.3 is 5.51 Å². The van der Waals surface area contributed by atoms with E-state index >= 15 is 0 Å². The van der Waals surface area contributed by atoms with E-state index in [2.05, 4.69) is 33.7 Å². The molecule has 0 saturated carbocycles. The first-order chi connectivity index (χ1) is 14.2. The molecule has 1 aromatic carbocycles. The predicted molar refractivity (Wildman–Crippen MR) is 112 cm³/mol. The van der Waals surface area contributed by atoms with Crippen LogP contribution in [-0.4, -0.2) is 43.9 Å². The first kappa shape index (κ1) is 20.7. The molecule has 3 heterocycles. The number of alkyl halides is 3. The average Bonchev–Trinajstić information content (AvgIpc) is 3.30. The first-order valence-corrected chi connectivity index (χ1v) is 10.3. The molecule has 0 atom stereocenters. The molecule has 2 aromatic heterocycles. The lowest BCUT2D eigenvalue weighted by molar-refractivity contribution is -0.0328. The van der Waals surface area contributed by atoms with Crippen LogP contribution in [0.4, 0.5) is 18.9 Å². The van der Waals surface area contributed by atoms with E-state index in [4.69, 9.17) is 0 Å². The molecule has 0 radical (unpaired) electrons. The highest BCUT2D eigenvalue weighted by atomic mass is 32.2. The van der Waals surface area contributed by atoms with Crippen LogP contribution in [0.2, 0.25) is 0 Å². The molecule has 0 bridgehead atoms. The van der Waals surface area contributed by atoms with Gasteiger partial charge in [-0.05, 0) is 73.6 Å². The van der Waals surface area contributed by atoms with Gasteiger partial charge in [-0.2, -0.15) is 18.3 Å². The van der Waals surface area contributed by atoms with Crippen molar-refractivity contribution >= 4 is 17.4 Å². The van der Waals surface area contributed by atoms with Crippen LogP contribution in [0.5, 0.6) is 0 Å². The SMILES string of the molecule is CC1(C)CN(c2ccc(SC(F)(F)F)cc2)CN1Cc1ccnc(-n2cccn2)c1. The zero-order chi connectivity index (χ0) is 21.4. The summed E-state index contributed by atoms with van der Waals surface area (Å²) in [6, 6.07) is 12.5. The Kier molecular flexibility index (Phi) is 5.50. The lowest BCUT2D eigenvalue weighted by Gasteiger charge is -2.29. The minimum absolute atomic E-state index is 0.0877. The van der Waals surface area contributed by atoms with Crippen LogP contribution in [0.1, 0.15) is 19.4 Å². The van der Waals surface area contributed by atoms with Gasteiger partial charge < -0.3 is 4.90 Å². The van der Waals surface area contributed by atoms with E-state index in [1.54, 1.807) is 29.2 Å². The summed E-state index contributed by atoms with van der Waals surface area (Å²) in [5.41, 5.74) is -2.31. The molecule has 158 valence electrons. The maximum absolute atomic E-state index is 12.6. The molecule has 0 spiro atoms. The molecule has 1 fully saturated rings. The summed E-state index contributed by atoms with van der Waals surface area (Å²) < 4.78 is 39.4. The Hall–Kier alpha value is -2.52. The molecule has 9 heteroatoms. The average molecular weight is 434 g/mol. The number of pyridine rings is 1. The smallest absolute Gasteiger partial charge is 0.357 e. The number of hydrogen-bond acceptors (Lipinski definition) is 5. The quantitative estimate of drug-likeness (QED) is 0.533. The highest BCUT2D eigenvalue weighted by molar-refractivity contribution is 8.00. The fourth-order valence-electron chi connectivity index (χ4n) is 3.62. The Morgan fingerprint density at radius 1 is 1.10 bits per heavy atom. The van der Waals surface area contributed by atoms with Gasteiger partial charge in [0.15, 0.2) is 5.82 Å². The number of aromatic nitrogens is 3. The van der Waals surface area contributed by atoms with Crippen LogP contribution < -0.4 is 4.90 Å². The van der Waals surface area contributed by atoms with Gasteiger partial charge in [-0.25, -0.2) is 9.67 Å². The fourth-order valence-corrected chi connectivity index (χ4v) is 4.16. The van der Waals surface area contributed by atoms with Crippen LogP contribution >= 0.6 is 11.8 Å². The number of hydrogen-bond donors (Lipinski definition) is 0. The Labute approximate surface area is 177 Å². The molecule has 0 amide bonds. The van der Waals surface area contributed by atoms with Gasteiger partial charge in [0, 0.05) is 47.8 Å². The second-order valence-corrected chi connectivity index (χ2v) is 9.00. The van der Waals surface area contributed by atoms with E-state index < -0.39 is 5.51 Å². The molecule has 4 rings (SSSR count). The van der Waals surface area contributed by atoms with Crippen molar-refractivity contribution in [3.8, 4) is 5.82 Å². The lowest BCUT2D eigenvalue weighted by atomic mass is 10.0. The number of thioether (sulfide) groups is 1. The van der Waals surface area contributed by atoms with Crippen LogP contribution in [0.25, 0.3) is 5.82 Å². The van der Waals surface area contributed by atoms with Crippen LogP contribution in [0.15, 0.2) is 66.0 Å². The number of anilines is 1. The summed E-state index contributed by atoms with van der Waals surface area (Å²) in [5, 5.41) is 4.23. The summed E-state index contributed by atoms with van der Waals surface area (Å²) in [4.78, 5) is 9.12. The van der Waals surface area contributed by atoms with Gasteiger partial charge in [0.05, 0.1) is 6.67 Å². The molecule has 3 aromatic rings. The van der Waals surface area contributed by atoms with Crippen LogP contribution in [-0.2, 0) is 6.54 Å². The van der Waals surface area contributed by atoms with Crippen molar-refractivity contribution in [1.82, 2.24) is 19.7 Å². The highest BCUT2D eigenvalue weighted by Gasteiger charge is 2.37. The molecule has 1 aliphatic heterocycles. The summed E-state index contributed by atoms with van der Waals surface area (Å²) >= 11 is -0.0877. The number of halogens is 3. The normalized spacial score (nSPS) is 16.9. The lowest BCUT2D eigenvalue weighted by Crippen LogP contribution is -2.39. The number of benzene rings is 1. The van der Waals surface area contributed by atoms with Crippen molar-refractivity contribution in [2.24, 2.45) is 0 Å². The maximum atomic E-state index is 12.6. The molecule has 0 N–H and O–H groups in total. The van der Waals surface area contributed by atoms with Crippen molar-refractivity contribution < 1.29 is 13.2 Å². The van der Waals surface area contributed by atoms with Gasteiger partial charge in [-0.15, -0.1) is 0 Å². The minimum Gasteiger partial charge on any atom is -0.357 e. The van der Waals surface area contributed by atoms with Crippen molar-refractivity contribution in [2.45, 2.75) is 36.3 Å². The van der Waals surface area contributed by atoms with E-state index in [0.717, 1.165) is 30.2 Å². The maximum Gasteiger partial charge on any atom is 0.446 e. The third-order valence-electron chi connectivity index (χ3n) is 5.13. The molecule has 1 saturated heterocycles. The summed E-state index contributed by atoms with van der Waals surface area (Å²) in [6.45, 7) is 6.57. The molecular formula is C21H22F3N5S. The minimum atomic E-state index is -4.27. The topological polar surface area (TPSA) is 37.2 Å². The second kappa shape index (κ2) is 7.96. The Morgan fingerprint density at radius 2 is 1.87 bits per heavy atom. The second-order valence-electron chi connectivity index (χ2n) is 7.86. The van der Waals surface area contributed by atoms with Gasteiger partial charge in [-0.1, -0.05) is 0 Å². The summed E-state index contributed by atoms with van der Waals surface area (Å²) in [5.74, 6) is 0.768. The van der Waals surface area contributed by atoms with Crippen molar-refractivity contribution in [3.05, 3.63) is 66.6 Å². The largest absolute Gasteiger partial charge is 0.446 e. The molecule has 5 nitrogen and oxygen atoms in total. The van der Waals surface area contributed by atoms with Crippen LogP contribution in [0, 0.1) is 0 Å². The zero-order valence-electron chi connectivity index (χ0n) is 16.7. The monoisotopic (exact) mass is 433 g/mol. The fraction of sp³-hybridized carbons (Fsp3) is 0.333. The Morgan fingerprint density at radius 3 is 2.53 bits per heavy atom. The predicted octanol–water partition coefficient (Wildman–Crippen LogP) is 4.94. The van der Waals surface area contributed by atoms with Crippen molar-refractivity contribution in [1.29, 1.82) is 0 Å². The summed E-state index contributed by atoms with van der Waals surface area (Å²) in [6.07, 6.45) is 5.35. The van der Waals surface area contributed by atoms with E-state index in [9.17, 15) is 13.2 Å². The molecular weight excluding hydrogens is 411 g/mol. The standard InChI is InChI=1S/C21H22F3N5S/c1-20(2)14-27(17-4-6-18(7-5-17)30-21(22,23)24)15-28(20)13-16-8-10-25-19(12-16)29-11-3-9-26-29/h3-12H,13-15H2,1-2H3. The third kappa shape index (κ3) is 4.79. The van der Waals surface area contributed by atoms with E-state index in [1.165, 1.54) is 12.1 Å². The third-order valence-corrected chi connectivity index (χ3v) is 5.87. The number of rotatable bonds is 5. The number of nitrogens with zero attached hydrogens (tertiary/aromatic N) is 5. The molecule has 1 aliphatic rings. The molecule has 30 heavy (non-hydrogen) atoms. The molecule has 0 unspecified atom stereocenters. The van der Waals surface area contributed by atoms with E-state index in [0.29, 0.717) is 6.67 Å². The van der Waals surface area contributed by atoms with Crippen molar-refractivity contribution in [3.63, 3.8) is 0 Å². The van der Waals surface area contributed by atoms with Gasteiger partial charge in [0.2, 0.25) is 0 Å². The van der Waals surface area contributed by atoms with Gasteiger partial charge in [-0.3, -0.25) is 4.90 Å². The Bertz CT molecular complexity index is 987. The first-order valence-electron chi connectivity index (χ1n) is 9.50. The highest BCUT2D eigenvalue weighted by Crippen LogP contribution is 2.38. The Balaban J connectivity index is 1.47. The van der Waals surface area contributed by atoms with E-state index in [1.807, 2.05) is 24.4 Å². The van der Waals surface area contributed by atoms with Crippen molar-refractivity contribution in [2.75, 3.05) is 18.1 Å².